The second kappa shape index (κ2) is 11.4. The lowest BCUT2D eigenvalue weighted by Crippen LogP contribution is -2.48. The van der Waals surface area contributed by atoms with E-state index in [9.17, 15) is 4.79 Å². The Morgan fingerprint density at radius 1 is 1.26 bits per heavy atom. The number of rotatable bonds is 8. The van der Waals surface area contributed by atoms with Gasteiger partial charge in [0.25, 0.3) is 5.91 Å². The Balaban J connectivity index is 1.81. The van der Waals surface area contributed by atoms with Gasteiger partial charge in [0.1, 0.15) is 0 Å². The molecule has 0 aliphatic heterocycles. The largest absolute Gasteiger partial charge is 0.493 e. The fraction of sp³-hybridized carbons (Fsp3) is 0.500. The van der Waals surface area contributed by atoms with Crippen molar-refractivity contribution in [3.8, 4) is 11.5 Å². The van der Waals surface area contributed by atoms with Crippen molar-refractivity contribution >= 4 is 29.3 Å². The van der Waals surface area contributed by atoms with E-state index in [1.165, 1.54) is 18.9 Å². The molecule has 1 fully saturated rings. The van der Waals surface area contributed by atoms with Gasteiger partial charge in [-0.3, -0.25) is 15.6 Å². The van der Waals surface area contributed by atoms with Gasteiger partial charge in [-0.25, -0.2) is 0 Å². The van der Waals surface area contributed by atoms with Gasteiger partial charge in [0, 0.05) is 12.1 Å². The number of carbonyl (C=O) groups is 1. The van der Waals surface area contributed by atoms with Gasteiger partial charge < -0.3 is 14.8 Å². The molecule has 1 saturated carbocycles. The van der Waals surface area contributed by atoms with Crippen molar-refractivity contribution in [2.75, 3.05) is 13.7 Å². The quantitative estimate of drug-likeness (QED) is 0.273. The Morgan fingerprint density at radius 2 is 2.04 bits per heavy atom. The molecular formula is C20H29N3O3S. The third-order valence-corrected chi connectivity index (χ3v) is 4.58. The zero-order chi connectivity index (χ0) is 19.5. The normalized spacial score (nSPS) is 14.1. The topological polar surface area (TPSA) is 71.6 Å². The molecule has 0 atom stereocenters. The monoisotopic (exact) mass is 391 g/mol. The average Bonchev–Trinajstić information content (AvgIpc) is 3.18. The number of hydrogen-bond donors (Lipinski definition) is 3. The number of hydrazine groups is 1. The Labute approximate surface area is 166 Å². The van der Waals surface area contributed by atoms with Crippen molar-refractivity contribution in [3.63, 3.8) is 0 Å². The smallest absolute Gasteiger partial charge is 0.262 e. The fourth-order valence-corrected chi connectivity index (χ4v) is 3.07. The average molecular weight is 392 g/mol. The van der Waals surface area contributed by atoms with Crippen LogP contribution in [0.1, 0.15) is 51.0 Å². The summed E-state index contributed by atoms with van der Waals surface area (Å²) in [6.07, 6.45) is 9.91. The molecule has 7 heteroatoms. The molecule has 27 heavy (non-hydrogen) atoms. The van der Waals surface area contributed by atoms with Crippen LogP contribution in [0.2, 0.25) is 0 Å². The maximum absolute atomic E-state index is 12.0. The Hall–Kier alpha value is -2.28. The van der Waals surface area contributed by atoms with E-state index in [-0.39, 0.29) is 5.91 Å². The van der Waals surface area contributed by atoms with Crippen molar-refractivity contribution in [2.24, 2.45) is 0 Å². The molecule has 0 unspecified atom stereocenters. The first kappa shape index (κ1) is 21.0. The summed E-state index contributed by atoms with van der Waals surface area (Å²) in [7, 11) is 1.60. The van der Waals surface area contributed by atoms with E-state index in [0.29, 0.717) is 29.3 Å². The molecule has 1 aromatic rings. The molecule has 0 radical (unpaired) electrons. The molecular weight excluding hydrogens is 362 g/mol. The molecule has 1 aliphatic rings. The highest BCUT2D eigenvalue weighted by Crippen LogP contribution is 2.28. The van der Waals surface area contributed by atoms with E-state index in [4.69, 9.17) is 21.7 Å². The highest BCUT2D eigenvalue weighted by atomic mass is 32.1. The number of thiocarbonyl (C=S) groups is 1. The van der Waals surface area contributed by atoms with Gasteiger partial charge >= 0.3 is 0 Å². The number of hydrogen-bond acceptors (Lipinski definition) is 4. The molecule has 148 valence electrons. The number of ether oxygens (including phenoxy) is 2. The number of methoxy groups -OCH3 is 1. The zero-order valence-electron chi connectivity index (χ0n) is 16.0. The summed E-state index contributed by atoms with van der Waals surface area (Å²) in [5, 5.41) is 3.64. The van der Waals surface area contributed by atoms with Crippen LogP contribution in [0.25, 0.3) is 6.08 Å². The van der Waals surface area contributed by atoms with Gasteiger partial charge in [-0.15, -0.1) is 0 Å². The maximum atomic E-state index is 12.0. The van der Waals surface area contributed by atoms with Gasteiger partial charge in [0.05, 0.1) is 13.7 Å². The summed E-state index contributed by atoms with van der Waals surface area (Å²) in [6.45, 7) is 2.77. The minimum Gasteiger partial charge on any atom is -0.493 e. The zero-order valence-corrected chi connectivity index (χ0v) is 16.9. The maximum Gasteiger partial charge on any atom is 0.262 e. The molecule has 0 saturated heterocycles. The third-order valence-electron chi connectivity index (χ3n) is 4.36. The van der Waals surface area contributed by atoms with Gasteiger partial charge in [-0.05, 0) is 55.3 Å². The van der Waals surface area contributed by atoms with Crippen LogP contribution >= 0.6 is 12.2 Å². The summed E-state index contributed by atoms with van der Waals surface area (Å²) in [5.74, 6) is 1.07. The first-order valence-electron chi connectivity index (χ1n) is 9.47. The fourth-order valence-electron chi connectivity index (χ4n) is 2.86. The van der Waals surface area contributed by atoms with E-state index in [1.54, 1.807) is 13.2 Å². The molecule has 0 bridgehead atoms. The number of nitrogens with one attached hydrogen (secondary N) is 3. The lowest BCUT2D eigenvalue weighted by molar-refractivity contribution is -0.116. The second-order valence-corrected chi connectivity index (χ2v) is 6.92. The number of amides is 1. The van der Waals surface area contributed by atoms with E-state index in [2.05, 4.69) is 23.1 Å². The van der Waals surface area contributed by atoms with Crippen LogP contribution in [0.5, 0.6) is 11.5 Å². The number of carbonyl (C=O) groups excluding carboxylic acids is 1. The van der Waals surface area contributed by atoms with Crippen molar-refractivity contribution in [1.29, 1.82) is 0 Å². The second-order valence-electron chi connectivity index (χ2n) is 6.51. The van der Waals surface area contributed by atoms with Crippen LogP contribution in [-0.4, -0.2) is 30.8 Å². The standard InChI is InChI=1S/C20H29N3O3S/c1-3-4-13-26-17-11-9-15(14-18(17)25-2)10-12-19(24)22-23-20(27)21-16-7-5-6-8-16/h9-12,14,16H,3-8,13H2,1-2H3,(H,22,24)(H2,21,23,27)/b12-10+. The first-order valence-corrected chi connectivity index (χ1v) is 9.88. The van der Waals surface area contributed by atoms with Crippen LogP contribution < -0.4 is 25.6 Å². The van der Waals surface area contributed by atoms with Crippen molar-refractivity contribution in [1.82, 2.24) is 16.2 Å². The minimum absolute atomic E-state index is 0.284. The Kier molecular flexibility index (Phi) is 8.91. The van der Waals surface area contributed by atoms with Crippen LogP contribution in [0, 0.1) is 0 Å². The number of unbranched alkanes of at least 4 members (excludes halogenated alkanes) is 1. The molecule has 0 heterocycles. The predicted octanol–water partition coefficient (Wildman–Crippen LogP) is 3.33. The third kappa shape index (κ3) is 7.46. The van der Waals surface area contributed by atoms with Gasteiger partial charge in [0.2, 0.25) is 0 Å². The molecule has 3 N–H and O–H groups in total. The van der Waals surface area contributed by atoms with Crippen LogP contribution in [0.15, 0.2) is 24.3 Å². The number of benzene rings is 1. The molecule has 6 nitrogen and oxygen atoms in total. The summed E-state index contributed by atoms with van der Waals surface area (Å²) < 4.78 is 11.1. The molecule has 2 rings (SSSR count). The first-order chi connectivity index (χ1) is 13.1. The molecule has 0 spiro atoms. The molecule has 0 aromatic heterocycles. The summed E-state index contributed by atoms with van der Waals surface area (Å²) >= 11 is 5.19. The highest BCUT2D eigenvalue weighted by molar-refractivity contribution is 7.80. The van der Waals surface area contributed by atoms with E-state index in [0.717, 1.165) is 31.2 Å². The molecule has 1 amide bonds. The van der Waals surface area contributed by atoms with Gasteiger partial charge in [-0.1, -0.05) is 32.3 Å². The minimum atomic E-state index is -0.284. The molecule has 1 aliphatic carbocycles. The van der Waals surface area contributed by atoms with Crippen molar-refractivity contribution in [2.45, 2.75) is 51.5 Å². The summed E-state index contributed by atoms with van der Waals surface area (Å²) in [5.41, 5.74) is 6.14. The highest BCUT2D eigenvalue weighted by Gasteiger charge is 2.15. The van der Waals surface area contributed by atoms with Crippen molar-refractivity contribution < 1.29 is 14.3 Å². The van der Waals surface area contributed by atoms with E-state index < -0.39 is 0 Å². The lowest BCUT2D eigenvalue weighted by Gasteiger charge is -2.15. The van der Waals surface area contributed by atoms with Gasteiger partial charge in [-0.2, -0.15) is 0 Å². The molecule has 1 aromatic carbocycles. The van der Waals surface area contributed by atoms with Crippen molar-refractivity contribution in [3.05, 3.63) is 29.8 Å². The van der Waals surface area contributed by atoms with E-state index in [1.807, 2.05) is 18.2 Å². The van der Waals surface area contributed by atoms with E-state index >= 15 is 0 Å². The Bertz CT molecular complexity index is 658. The lowest BCUT2D eigenvalue weighted by atomic mass is 10.2. The predicted molar refractivity (Wildman–Crippen MR) is 112 cm³/mol. The Morgan fingerprint density at radius 3 is 2.74 bits per heavy atom. The summed E-state index contributed by atoms with van der Waals surface area (Å²) in [4.78, 5) is 12.0. The van der Waals surface area contributed by atoms with Crippen LogP contribution in [0.4, 0.5) is 0 Å². The van der Waals surface area contributed by atoms with Crippen LogP contribution in [0.3, 0.4) is 0 Å². The van der Waals surface area contributed by atoms with Gasteiger partial charge in [0.15, 0.2) is 16.6 Å². The summed E-state index contributed by atoms with van der Waals surface area (Å²) in [6, 6.07) is 5.98. The van der Waals surface area contributed by atoms with Crippen LogP contribution in [-0.2, 0) is 4.79 Å². The SMILES string of the molecule is CCCCOc1ccc(/C=C/C(=O)NNC(=S)NC2CCCC2)cc1OC.